The largest absolute Gasteiger partial charge is 0.481 e. The molecule has 1 rings (SSSR count). The zero-order valence-corrected chi connectivity index (χ0v) is 11.5. The van der Waals surface area contributed by atoms with Crippen LogP contribution in [-0.4, -0.2) is 40.6 Å². The number of rotatable bonds is 5. The number of carbonyl (C=O) groups excluding carboxylic acids is 1. The number of nitrogens with one attached hydrogen (secondary N) is 1. The standard InChI is InChI=1S/C11H17N3O3S/c1-4-8-9(18-6-12-8)13-11(17)14(3)5-7(2)10(15)16/h6-7H,4-5H2,1-3H3,(H,13,17)(H,15,16). The van der Waals surface area contributed by atoms with Crippen molar-refractivity contribution in [3.8, 4) is 0 Å². The van der Waals surface area contributed by atoms with Crippen molar-refractivity contribution in [2.24, 2.45) is 5.92 Å². The van der Waals surface area contributed by atoms with E-state index in [0.29, 0.717) is 0 Å². The number of amides is 2. The number of aliphatic carboxylic acids is 1. The SMILES string of the molecule is CCc1ncsc1NC(=O)N(C)CC(C)C(=O)O. The minimum absolute atomic E-state index is 0.168. The van der Waals surface area contributed by atoms with Crippen molar-refractivity contribution in [1.29, 1.82) is 0 Å². The summed E-state index contributed by atoms with van der Waals surface area (Å²) in [6.45, 7) is 3.69. The number of carboxylic acid groups (broad SMARTS) is 1. The van der Waals surface area contributed by atoms with Crippen molar-refractivity contribution in [2.75, 3.05) is 18.9 Å². The van der Waals surface area contributed by atoms with Crippen LogP contribution in [0.15, 0.2) is 5.51 Å². The van der Waals surface area contributed by atoms with Gasteiger partial charge in [-0.05, 0) is 6.42 Å². The van der Waals surface area contributed by atoms with Gasteiger partial charge in [0.2, 0.25) is 0 Å². The highest BCUT2D eigenvalue weighted by molar-refractivity contribution is 7.14. The van der Waals surface area contributed by atoms with E-state index < -0.39 is 11.9 Å². The van der Waals surface area contributed by atoms with E-state index in [1.807, 2.05) is 6.92 Å². The van der Waals surface area contributed by atoms with Gasteiger partial charge in [-0.15, -0.1) is 11.3 Å². The van der Waals surface area contributed by atoms with Crippen LogP contribution in [-0.2, 0) is 11.2 Å². The second-order valence-corrected chi connectivity index (χ2v) is 4.89. The fourth-order valence-electron chi connectivity index (χ4n) is 1.39. The summed E-state index contributed by atoms with van der Waals surface area (Å²) in [7, 11) is 1.57. The third-order valence-corrected chi connectivity index (χ3v) is 3.30. The van der Waals surface area contributed by atoms with E-state index >= 15 is 0 Å². The van der Waals surface area contributed by atoms with E-state index in [1.54, 1.807) is 19.5 Å². The summed E-state index contributed by atoms with van der Waals surface area (Å²) in [5, 5.41) is 12.2. The molecule has 18 heavy (non-hydrogen) atoms. The average Bonchev–Trinajstić information content (AvgIpc) is 2.75. The lowest BCUT2D eigenvalue weighted by molar-refractivity contribution is -0.141. The molecule has 1 atom stereocenters. The predicted molar refractivity (Wildman–Crippen MR) is 69.9 cm³/mol. The fourth-order valence-corrected chi connectivity index (χ4v) is 2.15. The highest BCUT2D eigenvalue weighted by Crippen LogP contribution is 2.20. The number of carboxylic acids is 1. The topological polar surface area (TPSA) is 82.5 Å². The van der Waals surface area contributed by atoms with E-state index in [9.17, 15) is 9.59 Å². The maximum atomic E-state index is 11.8. The number of urea groups is 1. The van der Waals surface area contributed by atoms with Crippen molar-refractivity contribution in [3.05, 3.63) is 11.2 Å². The van der Waals surface area contributed by atoms with Crippen LogP contribution in [0.2, 0.25) is 0 Å². The summed E-state index contributed by atoms with van der Waals surface area (Å²) in [4.78, 5) is 28.0. The lowest BCUT2D eigenvalue weighted by Crippen LogP contribution is -2.36. The molecule has 0 spiro atoms. The molecule has 1 aromatic rings. The van der Waals surface area contributed by atoms with Gasteiger partial charge < -0.3 is 10.0 Å². The number of aromatic nitrogens is 1. The zero-order valence-electron chi connectivity index (χ0n) is 10.6. The average molecular weight is 271 g/mol. The first-order valence-corrected chi connectivity index (χ1v) is 6.51. The van der Waals surface area contributed by atoms with E-state index in [4.69, 9.17) is 5.11 Å². The number of aryl methyl sites for hydroxylation is 1. The highest BCUT2D eigenvalue weighted by atomic mass is 32.1. The van der Waals surface area contributed by atoms with Crippen molar-refractivity contribution < 1.29 is 14.7 Å². The highest BCUT2D eigenvalue weighted by Gasteiger charge is 2.18. The van der Waals surface area contributed by atoms with Gasteiger partial charge in [0, 0.05) is 13.6 Å². The molecule has 2 N–H and O–H groups in total. The molecule has 0 radical (unpaired) electrons. The van der Waals surface area contributed by atoms with E-state index in [0.717, 1.165) is 17.1 Å². The van der Waals surface area contributed by atoms with Crippen LogP contribution < -0.4 is 5.32 Å². The van der Waals surface area contributed by atoms with Gasteiger partial charge in [-0.3, -0.25) is 10.1 Å². The number of hydrogen-bond acceptors (Lipinski definition) is 4. The molecule has 1 unspecified atom stereocenters. The Bertz CT molecular complexity index is 433. The molecule has 0 fully saturated rings. The van der Waals surface area contributed by atoms with Gasteiger partial charge in [0.05, 0.1) is 17.1 Å². The summed E-state index contributed by atoms with van der Waals surface area (Å²) in [6.07, 6.45) is 0.744. The molecule has 0 aliphatic carbocycles. The van der Waals surface area contributed by atoms with Gasteiger partial charge >= 0.3 is 12.0 Å². The first-order valence-electron chi connectivity index (χ1n) is 5.63. The summed E-state index contributed by atoms with van der Waals surface area (Å²) in [5.74, 6) is -1.51. The molecule has 0 saturated heterocycles. The third-order valence-electron chi connectivity index (χ3n) is 2.51. The molecule has 2 amide bonds. The van der Waals surface area contributed by atoms with Crippen LogP contribution in [0.1, 0.15) is 19.5 Å². The summed E-state index contributed by atoms with van der Waals surface area (Å²) >= 11 is 1.36. The van der Waals surface area contributed by atoms with Crippen LogP contribution in [0, 0.1) is 5.92 Å². The number of nitrogens with zero attached hydrogens (tertiary/aromatic N) is 2. The van der Waals surface area contributed by atoms with Crippen molar-refractivity contribution >= 4 is 28.3 Å². The first-order chi connectivity index (χ1) is 8.45. The van der Waals surface area contributed by atoms with Gasteiger partial charge in [0.25, 0.3) is 0 Å². The smallest absolute Gasteiger partial charge is 0.322 e. The Hall–Kier alpha value is -1.63. The molecule has 0 bridgehead atoms. The van der Waals surface area contributed by atoms with Crippen LogP contribution in [0.4, 0.5) is 9.80 Å². The number of carbonyl (C=O) groups is 2. The minimum atomic E-state index is -0.915. The molecular weight excluding hydrogens is 254 g/mol. The van der Waals surface area contributed by atoms with Gasteiger partial charge in [-0.25, -0.2) is 9.78 Å². The fraction of sp³-hybridized carbons (Fsp3) is 0.545. The van der Waals surface area contributed by atoms with Gasteiger partial charge in [-0.1, -0.05) is 13.8 Å². The Morgan fingerprint density at radius 1 is 1.61 bits per heavy atom. The molecule has 0 aliphatic rings. The lowest BCUT2D eigenvalue weighted by atomic mass is 10.2. The molecule has 7 heteroatoms. The molecule has 0 aliphatic heterocycles. The summed E-state index contributed by atoms with van der Waals surface area (Å²) in [5.41, 5.74) is 2.52. The lowest BCUT2D eigenvalue weighted by Gasteiger charge is -2.19. The first kappa shape index (κ1) is 14.4. The Balaban J connectivity index is 2.57. The molecule has 6 nitrogen and oxygen atoms in total. The normalized spacial score (nSPS) is 11.9. The summed E-state index contributed by atoms with van der Waals surface area (Å²) < 4.78 is 0. The van der Waals surface area contributed by atoms with Gasteiger partial charge in [-0.2, -0.15) is 0 Å². The Morgan fingerprint density at radius 3 is 2.83 bits per heavy atom. The molecule has 0 aromatic carbocycles. The number of anilines is 1. The Morgan fingerprint density at radius 2 is 2.28 bits per heavy atom. The van der Waals surface area contributed by atoms with Crippen molar-refractivity contribution in [3.63, 3.8) is 0 Å². The third kappa shape index (κ3) is 3.69. The second kappa shape index (κ2) is 6.34. The van der Waals surface area contributed by atoms with E-state index in [2.05, 4.69) is 10.3 Å². The quantitative estimate of drug-likeness (QED) is 0.856. The van der Waals surface area contributed by atoms with Crippen LogP contribution >= 0.6 is 11.3 Å². The zero-order chi connectivity index (χ0) is 13.7. The van der Waals surface area contributed by atoms with E-state index in [-0.39, 0.29) is 12.6 Å². The van der Waals surface area contributed by atoms with E-state index in [1.165, 1.54) is 16.2 Å². The second-order valence-electron chi connectivity index (χ2n) is 4.03. The minimum Gasteiger partial charge on any atom is -0.481 e. The molecule has 0 saturated carbocycles. The van der Waals surface area contributed by atoms with Crippen molar-refractivity contribution in [1.82, 2.24) is 9.88 Å². The maximum absolute atomic E-state index is 11.8. The molecular formula is C11H17N3O3S. The summed E-state index contributed by atoms with van der Waals surface area (Å²) in [6, 6.07) is -0.318. The van der Waals surface area contributed by atoms with Gasteiger partial charge in [0.1, 0.15) is 5.00 Å². The molecule has 100 valence electrons. The Labute approximate surface area is 110 Å². The number of thiazole rings is 1. The van der Waals surface area contributed by atoms with Gasteiger partial charge in [0.15, 0.2) is 0 Å². The van der Waals surface area contributed by atoms with Crippen LogP contribution in [0.5, 0.6) is 0 Å². The molecule has 1 heterocycles. The monoisotopic (exact) mass is 271 g/mol. The van der Waals surface area contributed by atoms with Crippen LogP contribution in [0.3, 0.4) is 0 Å². The Kier molecular flexibility index (Phi) is 5.08. The number of hydrogen-bond donors (Lipinski definition) is 2. The van der Waals surface area contributed by atoms with Crippen LogP contribution in [0.25, 0.3) is 0 Å². The molecule has 1 aromatic heterocycles. The maximum Gasteiger partial charge on any atom is 0.322 e. The predicted octanol–water partition coefficient (Wildman–Crippen LogP) is 1.89. The van der Waals surface area contributed by atoms with Crippen molar-refractivity contribution in [2.45, 2.75) is 20.3 Å².